The van der Waals surface area contributed by atoms with Gasteiger partial charge in [-0.05, 0) is 18.1 Å². The maximum absolute atomic E-state index is 10.9. The second-order valence-electron chi connectivity index (χ2n) is 5.44. The van der Waals surface area contributed by atoms with E-state index in [2.05, 4.69) is 38.6 Å². The number of carbonyl (C=O) groups is 1. The molecule has 1 atom stereocenters. The number of hydrogen-bond acceptors (Lipinski definition) is 4. The molecule has 0 unspecified atom stereocenters. The van der Waals surface area contributed by atoms with Gasteiger partial charge in [0.25, 0.3) is 0 Å². The van der Waals surface area contributed by atoms with Gasteiger partial charge in [0.05, 0.1) is 7.11 Å². The Hall–Kier alpha value is -0.393. The summed E-state index contributed by atoms with van der Waals surface area (Å²) >= 11 is 0. The first-order valence-electron chi connectivity index (χ1n) is 5.51. The van der Waals surface area contributed by atoms with Crippen LogP contribution in [0, 0.1) is 0 Å². The molecule has 16 heavy (non-hydrogen) atoms. The van der Waals surface area contributed by atoms with Crippen molar-refractivity contribution in [2.45, 2.75) is 51.4 Å². The van der Waals surface area contributed by atoms with Gasteiger partial charge in [-0.15, -0.1) is 0 Å². The molecule has 0 saturated carbocycles. The number of esters is 1. The van der Waals surface area contributed by atoms with Gasteiger partial charge in [0.1, 0.15) is 0 Å². The Balaban J connectivity index is 4.04. The molecule has 0 aliphatic carbocycles. The lowest BCUT2D eigenvalue weighted by Crippen LogP contribution is -2.41. The van der Waals surface area contributed by atoms with Gasteiger partial charge in [0.2, 0.25) is 0 Å². The van der Waals surface area contributed by atoms with E-state index in [-0.39, 0.29) is 5.04 Å². The predicted octanol–water partition coefficient (Wildman–Crippen LogP) is 1.93. The summed E-state index contributed by atoms with van der Waals surface area (Å²) in [5.74, 6) is -0.598. The van der Waals surface area contributed by atoms with Gasteiger partial charge in [0.15, 0.2) is 14.4 Å². The third-order valence-corrected chi connectivity index (χ3v) is 7.67. The van der Waals surface area contributed by atoms with Crippen LogP contribution in [0.3, 0.4) is 0 Å². The molecule has 96 valence electrons. The standard InChI is InChI=1S/C11H24O4Si/c1-11(2,3)16(5,6)15-8-7-9(12)10(13)14-4/h9,12H,7-8H2,1-6H3/t9-/m0/s1. The topological polar surface area (TPSA) is 55.8 Å². The lowest BCUT2D eigenvalue weighted by atomic mass is 10.2. The minimum Gasteiger partial charge on any atom is -0.467 e. The first-order chi connectivity index (χ1) is 7.12. The summed E-state index contributed by atoms with van der Waals surface area (Å²) in [5, 5.41) is 9.52. The van der Waals surface area contributed by atoms with Crippen LogP contribution in [0.15, 0.2) is 0 Å². The van der Waals surface area contributed by atoms with Crippen LogP contribution in [0.25, 0.3) is 0 Å². The molecule has 0 radical (unpaired) electrons. The van der Waals surface area contributed by atoms with Crippen LogP contribution < -0.4 is 0 Å². The molecular formula is C11H24O4Si. The number of rotatable bonds is 5. The van der Waals surface area contributed by atoms with Crippen LogP contribution in [0.2, 0.25) is 18.1 Å². The van der Waals surface area contributed by atoms with Crippen LogP contribution in [-0.4, -0.2) is 39.2 Å². The van der Waals surface area contributed by atoms with E-state index in [1.54, 1.807) is 0 Å². The number of hydrogen-bond donors (Lipinski definition) is 1. The lowest BCUT2D eigenvalue weighted by molar-refractivity contribution is -0.151. The summed E-state index contributed by atoms with van der Waals surface area (Å²) in [7, 11) is -0.516. The molecule has 0 bridgehead atoms. The Labute approximate surface area is 99.1 Å². The third-order valence-electron chi connectivity index (χ3n) is 3.13. The molecule has 0 aromatic rings. The van der Waals surface area contributed by atoms with Crippen molar-refractivity contribution >= 4 is 14.3 Å². The summed E-state index contributed by atoms with van der Waals surface area (Å²) in [4.78, 5) is 10.9. The molecule has 0 aromatic carbocycles. The van der Waals surface area contributed by atoms with E-state index in [9.17, 15) is 9.90 Å². The molecule has 0 spiro atoms. The van der Waals surface area contributed by atoms with E-state index in [0.717, 1.165) is 0 Å². The zero-order valence-corrected chi connectivity index (χ0v) is 12.2. The summed E-state index contributed by atoms with van der Waals surface area (Å²) in [6, 6.07) is 0. The maximum Gasteiger partial charge on any atom is 0.334 e. The molecular weight excluding hydrogens is 224 g/mol. The largest absolute Gasteiger partial charge is 0.467 e. The molecule has 0 aromatic heterocycles. The van der Waals surface area contributed by atoms with Crippen LogP contribution in [0.4, 0.5) is 0 Å². The summed E-state index contributed by atoms with van der Waals surface area (Å²) < 4.78 is 10.3. The van der Waals surface area contributed by atoms with Crippen molar-refractivity contribution in [3.05, 3.63) is 0 Å². The average molecular weight is 248 g/mol. The molecule has 0 aliphatic rings. The molecule has 0 amide bonds. The number of carbonyl (C=O) groups excluding carboxylic acids is 1. The highest BCUT2D eigenvalue weighted by atomic mass is 28.4. The highest BCUT2D eigenvalue weighted by Gasteiger charge is 2.37. The van der Waals surface area contributed by atoms with E-state index in [1.165, 1.54) is 7.11 Å². The molecule has 0 heterocycles. The molecule has 0 aliphatic heterocycles. The number of ether oxygens (including phenoxy) is 1. The van der Waals surface area contributed by atoms with Gasteiger partial charge in [-0.2, -0.15) is 0 Å². The molecule has 5 heteroatoms. The Morgan fingerprint density at radius 1 is 1.38 bits per heavy atom. The molecule has 1 N–H and O–H groups in total. The van der Waals surface area contributed by atoms with Crippen LogP contribution in [0.5, 0.6) is 0 Å². The first kappa shape index (κ1) is 15.6. The van der Waals surface area contributed by atoms with Crippen molar-refractivity contribution in [3.63, 3.8) is 0 Å². The summed E-state index contributed by atoms with van der Waals surface area (Å²) in [6.45, 7) is 11.1. The minimum atomic E-state index is -1.78. The monoisotopic (exact) mass is 248 g/mol. The van der Waals surface area contributed by atoms with Gasteiger partial charge in [-0.3, -0.25) is 0 Å². The van der Waals surface area contributed by atoms with Gasteiger partial charge in [0, 0.05) is 13.0 Å². The van der Waals surface area contributed by atoms with Crippen molar-refractivity contribution in [2.24, 2.45) is 0 Å². The molecule has 0 rings (SSSR count). The van der Waals surface area contributed by atoms with Gasteiger partial charge in [-0.25, -0.2) is 4.79 Å². The average Bonchev–Trinajstić information content (AvgIpc) is 2.14. The molecule has 4 nitrogen and oxygen atoms in total. The third kappa shape index (κ3) is 4.63. The maximum atomic E-state index is 10.9. The molecule has 0 saturated heterocycles. The van der Waals surface area contributed by atoms with Crippen molar-refractivity contribution in [1.82, 2.24) is 0 Å². The van der Waals surface area contributed by atoms with Crippen LogP contribution in [-0.2, 0) is 14.0 Å². The second-order valence-corrected chi connectivity index (χ2v) is 10.2. The summed E-state index contributed by atoms with van der Waals surface area (Å²) in [5.41, 5.74) is 0. The highest BCUT2D eigenvalue weighted by Crippen LogP contribution is 2.36. The zero-order chi connectivity index (χ0) is 13.0. The van der Waals surface area contributed by atoms with Gasteiger partial charge >= 0.3 is 5.97 Å². The van der Waals surface area contributed by atoms with Crippen molar-refractivity contribution in [3.8, 4) is 0 Å². The van der Waals surface area contributed by atoms with Crippen LogP contribution in [0.1, 0.15) is 27.2 Å². The van der Waals surface area contributed by atoms with Crippen molar-refractivity contribution < 1.29 is 19.1 Å². The van der Waals surface area contributed by atoms with E-state index in [0.29, 0.717) is 13.0 Å². The number of aliphatic hydroxyl groups is 1. The van der Waals surface area contributed by atoms with Crippen molar-refractivity contribution in [2.75, 3.05) is 13.7 Å². The Morgan fingerprint density at radius 2 is 1.88 bits per heavy atom. The SMILES string of the molecule is COC(=O)[C@@H](O)CCO[Si](C)(C)C(C)(C)C. The van der Waals surface area contributed by atoms with Gasteiger partial charge < -0.3 is 14.3 Å². The van der Waals surface area contributed by atoms with E-state index >= 15 is 0 Å². The fourth-order valence-electron chi connectivity index (χ4n) is 0.896. The highest BCUT2D eigenvalue weighted by molar-refractivity contribution is 6.74. The smallest absolute Gasteiger partial charge is 0.334 e. The Morgan fingerprint density at radius 3 is 2.25 bits per heavy atom. The van der Waals surface area contributed by atoms with E-state index < -0.39 is 20.4 Å². The fourth-order valence-corrected chi connectivity index (χ4v) is 1.96. The number of aliphatic hydroxyl groups excluding tert-OH is 1. The van der Waals surface area contributed by atoms with E-state index in [4.69, 9.17) is 4.43 Å². The fraction of sp³-hybridized carbons (Fsp3) is 0.909. The zero-order valence-electron chi connectivity index (χ0n) is 11.2. The van der Waals surface area contributed by atoms with Crippen LogP contribution >= 0.6 is 0 Å². The normalized spacial score (nSPS) is 14.7. The van der Waals surface area contributed by atoms with Gasteiger partial charge in [-0.1, -0.05) is 20.8 Å². The Kier molecular flexibility index (Phi) is 5.65. The first-order valence-corrected chi connectivity index (χ1v) is 8.42. The Bertz CT molecular complexity index is 233. The number of methoxy groups -OCH3 is 1. The lowest BCUT2D eigenvalue weighted by Gasteiger charge is -2.36. The quantitative estimate of drug-likeness (QED) is 0.596. The predicted molar refractivity (Wildman–Crippen MR) is 65.8 cm³/mol. The molecule has 0 fully saturated rings. The minimum absolute atomic E-state index is 0.142. The van der Waals surface area contributed by atoms with Crippen molar-refractivity contribution in [1.29, 1.82) is 0 Å². The summed E-state index contributed by atoms with van der Waals surface area (Å²) in [6.07, 6.45) is -0.783. The second kappa shape index (κ2) is 5.79. The van der Waals surface area contributed by atoms with E-state index in [1.807, 2.05) is 0 Å².